The number of rotatable bonds is 20. The normalized spacial score (nSPS) is 28.5. The van der Waals surface area contributed by atoms with Gasteiger partial charge in [-0.25, -0.2) is 0 Å². The number of aldehydes is 2. The lowest BCUT2D eigenvalue weighted by molar-refractivity contribution is -0.169. The number of likely N-dealkylation sites (N-methyl/N-ethyl adjacent to an activating group) is 6. The minimum absolute atomic E-state index is 0.0194. The Morgan fingerprint density at radius 1 is 0.659 bits per heavy atom. The number of carbonyl (C=O) groups excluding carboxylic acids is 10. The summed E-state index contributed by atoms with van der Waals surface area (Å²) in [6, 6.07) is -7.71. The van der Waals surface area contributed by atoms with E-state index in [1.54, 1.807) is 40.8 Å². The molecule has 1 fully saturated rings. The molecule has 0 aromatic rings. The maximum absolute atomic E-state index is 15.2. The molecule has 5 N–H and O–H groups in total. The van der Waals surface area contributed by atoms with Gasteiger partial charge >= 0.3 is 5.97 Å². The number of carbonyl (C=O) groups is 10. The van der Waals surface area contributed by atoms with Gasteiger partial charge in [0.2, 0.25) is 35.4 Å². The number of nitrogens with zero attached hydrogens (tertiary/aromatic N) is 6. The topological polar surface area (TPSA) is 268 Å². The molecule has 0 saturated carbocycles. The van der Waals surface area contributed by atoms with Gasteiger partial charge in [0.25, 0.3) is 5.91 Å². The number of aliphatic hydroxyl groups excluding tert-OH is 1. The third kappa shape index (κ3) is 21.1. The van der Waals surface area contributed by atoms with Gasteiger partial charge in [0.1, 0.15) is 24.2 Å². The summed E-state index contributed by atoms with van der Waals surface area (Å²) in [5, 5.41) is 24.2. The lowest BCUT2D eigenvalue weighted by Crippen LogP contribution is -2.69. The smallest absolute Gasteiger partial charge is 0.323 e. The van der Waals surface area contributed by atoms with E-state index in [1.807, 2.05) is 88.3 Å². The van der Waals surface area contributed by atoms with E-state index in [4.69, 9.17) is 4.74 Å². The van der Waals surface area contributed by atoms with Crippen LogP contribution in [0, 0.1) is 41.4 Å². The number of allylic oxidation sites excluding steroid dienone is 2. The Bertz CT molecular complexity index is 2280. The first-order valence-corrected chi connectivity index (χ1v) is 30.7. The van der Waals surface area contributed by atoms with Gasteiger partial charge in [0.15, 0.2) is 30.0 Å². The van der Waals surface area contributed by atoms with Crippen molar-refractivity contribution in [3.05, 3.63) is 24.8 Å². The number of nitrogens with one attached hydrogen (secondary N) is 4. The fourth-order valence-corrected chi connectivity index (χ4v) is 11.3. The molecule has 13 atom stereocenters. The highest BCUT2D eigenvalue weighted by Crippen LogP contribution is 2.30. The van der Waals surface area contributed by atoms with E-state index in [0.717, 1.165) is 19.6 Å². The zero-order valence-electron chi connectivity index (χ0n) is 55.8. The van der Waals surface area contributed by atoms with Crippen LogP contribution in [0.1, 0.15) is 162 Å². The molecular formula is C63H112N10O12. The van der Waals surface area contributed by atoms with E-state index in [1.165, 1.54) is 52.0 Å². The van der Waals surface area contributed by atoms with Crippen molar-refractivity contribution in [1.29, 1.82) is 0 Å². The van der Waals surface area contributed by atoms with Crippen molar-refractivity contribution in [2.45, 2.75) is 228 Å². The van der Waals surface area contributed by atoms with Gasteiger partial charge in [-0.1, -0.05) is 115 Å². The summed E-state index contributed by atoms with van der Waals surface area (Å²) in [5.74, 6) is -8.25. The highest BCUT2D eigenvalue weighted by molar-refractivity contribution is 5.96. The van der Waals surface area contributed by atoms with Crippen LogP contribution in [0.4, 0.5) is 0 Å². The Labute approximate surface area is 509 Å². The maximum Gasteiger partial charge on any atom is 0.323 e. The molecule has 0 bridgehead atoms. The Balaban J connectivity index is 4.57. The van der Waals surface area contributed by atoms with Gasteiger partial charge < -0.3 is 44.6 Å². The fourth-order valence-electron chi connectivity index (χ4n) is 11.3. The van der Waals surface area contributed by atoms with Crippen molar-refractivity contribution in [1.82, 2.24) is 50.7 Å². The van der Waals surface area contributed by atoms with Gasteiger partial charge in [-0.3, -0.25) is 63.9 Å². The average molecular weight is 1200 g/mol. The molecule has 22 nitrogen and oxygen atoms in total. The molecule has 7 amide bonds. The average Bonchev–Trinajstić information content (AvgIpc) is 2.17. The van der Waals surface area contributed by atoms with Crippen molar-refractivity contribution in [3.8, 4) is 0 Å². The summed E-state index contributed by atoms with van der Waals surface area (Å²) in [6.45, 7) is 32.0. The molecule has 0 radical (unpaired) electrons. The highest BCUT2D eigenvalue weighted by atomic mass is 16.6. The van der Waals surface area contributed by atoms with E-state index in [-0.39, 0.29) is 61.7 Å². The van der Waals surface area contributed by atoms with E-state index >= 15 is 19.2 Å². The molecule has 1 aliphatic heterocycles. The molecule has 0 aromatic heterocycles. The molecule has 0 aromatic carbocycles. The lowest BCUT2D eigenvalue weighted by atomic mass is 9.83. The third-order valence-corrected chi connectivity index (χ3v) is 16.2. The van der Waals surface area contributed by atoms with Gasteiger partial charge in [-0.2, -0.15) is 0 Å². The van der Waals surface area contributed by atoms with Crippen LogP contribution in [0.15, 0.2) is 24.8 Å². The monoisotopic (exact) mass is 1200 g/mol. The molecular weight excluding hydrogens is 1090 g/mol. The molecule has 0 aliphatic carbocycles. The second kappa shape index (κ2) is 35.3. The Hall–Kier alpha value is -5.58. The second-order valence-corrected chi connectivity index (χ2v) is 25.8. The summed E-state index contributed by atoms with van der Waals surface area (Å²) in [5.41, 5.74) is -3.69. The highest BCUT2D eigenvalue weighted by Gasteiger charge is 2.49. The number of cyclic esters (lactones) is 1. The van der Waals surface area contributed by atoms with Crippen LogP contribution >= 0.6 is 0 Å². The predicted molar refractivity (Wildman–Crippen MR) is 331 cm³/mol. The van der Waals surface area contributed by atoms with Crippen LogP contribution in [0.3, 0.4) is 0 Å². The summed E-state index contributed by atoms with van der Waals surface area (Å²) < 4.78 is 6.07. The standard InChI is InChI=1S/C63H112N10O12/c1-24-28-30-43(15)46(26-3)53-55(78)65-47(27-4)56(79)68(18)35-51(77)72(22)62(36-74,33-40(9)10)66-48(31-38(5)6)57(80)69(19)50(29-25-2)64-44(16)61(84)85-54(42(13)14)60(83)73(23)63(37-75,34-41(11)12)67-49(32-39(7)8)58(81)70(20)52(45(17)76)59(82)71(53)21/h24,26,28,36-50,52-54,64,66-67,76H,3,25,27,29-35H2,1-2,4-23H3,(H,65,78). The summed E-state index contributed by atoms with van der Waals surface area (Å²) in [6.07, 6.45) is 4.40. The molecule has 22 heteroatoms. The molecule has 0 spiro atoms. The molecule has 85 heavy (non-hydrogen) atoms. The minimum atomic E-state index is -1.91. The summed E-state index contributed by atoms with van der Waals surface area (Å²) >= 11 is 0. The molecule has 1 heterocycles. The number of aliphatic hydroxyl groups is 1. The van der Waals surface area contributed by atoms with Crippen molar-refractivity contribution in [3.63, 3.8) is 0 Å². The zero-order valence-corrected chi connectivity index (χ0v) is 55.8. The second-order valence-electron chi connectivity index (χ2n) is 25.8. The van der Waals surface area contributed by atoms with E-state index in [0.29, 0.717) is 31.8 Å². The predicted octanol–water partition coefficient (Wildman–Crippen LogP) is 4.73. The van der Waals surface area contributed by atoms with Crippen LogP contribution in [0.2, 0.25) is 0 Å². The number of hydrogen-bond donors (Lipinski definition) is 5. The van der Waals surface area contributed by atoms with Crippen molar-refractivity contribution < 1.29 is 57.8 Å². The largest absolute Gasteiger partial charge is 0.451 e. The minimum Gasteiger partial charge on any atom is -0.451 e. The molecule has 486 valence electrons. The Morgan fingerprint density at radius 2 is 1.14 bits per heavy atom. The van der Waals surface area contributed by atoms with Crippen molar-refractivity contribution in [2.24, 2.45) is 41.4 Å². The van der Waals surface area contributed by atoms with Crippen LogP contribution in [-0.2, 0) is 52.7 Å². The van der Waals surface area contributed by atoms with Gasteiger partial charge in [0.05, 0.1) is 30.9 Å². The van der Waals surface area contributed by atoms with Gasteiger partial charge in [0, 0.05) is 48.2 Å². The first kappa shape index (κ1) is 77.4. The van der Waals surface area contributed by atoms with Crippen LogP contribution in [0.5, 0.6) is 0 Å². The summed E-state index contributed by atoms with van der Waals surface area (Å²) in [4.78, 5) is 154. The lowest BCUT2D eigenvalue weighted by Gasteiger charge is -2.45. The number of amides is 7. The first-order chi connectivity index (χ1) is 39.4. The van der Waals surface area contributed by atoms with Crippen LogP contribution < -0.4 is 21.3 Å². The Kier molecular flexibility index (Phi) is 32.1. The quantitative estimate of drug-likeness (QED) is 0.0627. The molecule has 1 saturated heterocycles. The third-order valence-electron chi connectivity index (χ3n) is 16.2. The van der Waals surface area contributed by atoms with E-state index in [2.05, 4.69) is 27.8 Å². The van der Waals surface area contributed by atoms with Crippen molar-refractivity contribution >= 4 is 59.9 Å². The van der Waals surface area contributed by atoms with Crippen LogP contribution in [0.25, 0.3) is 0 Å². The van der Waals surface area contributed by atoms with Gasteiger partial charge in [-0.15, -0.1) is 6.58 Å². The number of hydrogen-bond acceptors (Lipinski definition) is 15. The maximum atomic E-state index is 15.2. The zero-order chi connectivity index (χ0) is 65.8. The van der Waals surface area contributed by atoms with Crippen LogP contribution in [-0.4, -0.2) is 209 Å². The SMILES string of the molecule is C=CC(C(C)CC=CC)C1C(=O)NC(CC)C(=O)N(C)CC(=O)N(C)C(C=O)(CC(C)C)NC(CC(C)C)C(=O)N(C)C(CCC)NC(C)C(=O)OC(C(C)C)C(=O)N(C)C(C=O)(CC(C)C)NC(CC(C)C)C(=O)N(C)C(C(C)O)C(=O)N1C. The van der Waals surface area contributed by atoms with Crippen molar-refractivity contribution in [2.75, 3.05) is 48.8 Å². The number of esters is 1. The van der Waals surface area contributed by atoms with Gasteiger partial charge in [-0.05, 0) is 101 Å². The van der Waals surface area contributed by atoms with E-state index < -0.39 is 132 Å². The molecule has 13 unspecified atom stereocenters. The molecule has 1 rings (SSSR count). The molecule has 1 aliphatic rings. The Morgan fingerprint density at radius 3 is 1.55 bits per heavy atom. The van der Waals surface area contributed by atoms with E-state index in [9.17, 15) is 33.9 Å². The number of ether oxygens (including phenoxy) is 1. The summed E-state index contributed by atoms with van der Waals surface area (Å²) in [7, 11) is 8.48. The fraction of sp³-hybridized carbons (Fsp3) is 0.778. The first-order valence-electron chi connectivity index (χ1n) is 30.7.